The molecule has 0 radical (unpaired) electrons. The number of hydrogen-bond acceptors (Lipinski definition) is 4. The molecule has 80 valence electrons. The fraction of sp³-hybridized carbons (Fsp3) is 0.750. The first-order valence-electron chi connectivity index (χ1n) is 4.68. The van der Waals surface area contributed by atoms with Crippen LogP contribution in [0.5, 0.6) is 0 Å². The Bertz CT molecular complexity index is 225. The van der Waals surface area contributed by atoms with E-state index in [0.29, 0.717) is 11.8 Å². The van der Waals surface area contributed by atoms with E-state index >= 15 is 0 Å². The molecule has 0 heterocycles. The minimum Gasteiger partial charge on any atom is -0.377 e. The lowest BCUT2D eigenvalue weighted by Crippen LogP contribution is -2.34. The third-order valence-corrected chi connectivity index (χ3v) is 3.01. The normalized spacial score (nSPS) is 18.4. The van der Waals surface area contributed by atoms with Gasteiger partial charge in [0.15, 0.2) is 5.17 Å². The predicted molar refractivity (Wildman–Crippen MR) is 58.7 cm³/mol. The Labute approximate surface area is 87.7 Å². The van der Waals surface area contributed by atoms with Crippen molar-refractivity contribution < 1.29 is 4.79 Å². The van der Waals surface area contributed by atoms with Crippen LogP contribution >= 0.6 is 11.8 Å². The first kappa shape index (κ1) is 11.2. The van der Waals surface area contributed by atoms with Gasteiger partial charge in [-0.3, -0.25) is 4.79 Å². The molecule has 1 aliphatic rings. The molecule has 1 amide bonds. The van der Waals surface area contributed by atoms with Gasteiger partial charge in [-0.1, -0.05) is 24.6 Å². The standard InChI is InChI=1S/C8H16N4OS/c9-8(12-10)14-5-7(13)11-6-3-1-2-4-6/h6H,1-5,10H2,(H2,9,12)(H,11,13). The quantitative estimate of drug-likeness (QED) is 0.267. The maximum Gasteiger partial charge on any atom is 0.230 e. The van der Waals surface area contributed by atoms with Crippen LogP contribution < -0.4 is 16.9 Å². The summed E-state index contributed by atoms with van der Waals surface area (Å²) in [5.74, 6) is 5.23. The van der Waals surface area contributed by atoms with E-state index in [-0.39, 0.29) is 11.1 Å². The van der Waals surface area contributed by atoms with Crippen molar-refractivity contribution in [2.75, 3.05) is 5.75 Å². The summed E-state index contributed by atoms with van der Waals surface area (Å²) in [7, 11) is 0. The molecule has 6 heteroatoms. The molecule has 0 aromatic carbocycles. The topological polar surface area (TPSA) is 93.5 Å². The van der Waals surface area contributed by atoms with Crippen molar-refractivity contribution in [3.8, 4) is 0 Å². The molecule has 5 nitrogen and oxygen atoms in total. The third kappa shape index (κ3) is 3.87. The van der Waals surface area contributed by atoms with Crippen LogP contribution in [0.2, 0.25) is 0 Å². The van der Waals surface area contributed by atoms with Gasteiger partial charge >= 0.3 is 0 Å². The van der Waals surface area contributed by atoms with Gasteiger partial charge in [0.25, 0.3) is 0 Å². The fourth-order valence-electron chi connectivity index (χ4n) is 1.52. The van der Waals surface area contributed by atoms with Crippen LogP contribution in [0.15, 0.2) is 5.10 Å². The SMILES string of the molecule is NN=C(N)SCC(=O)NC1CCCC1. The van der Waals surface area contributed by atoms with Crippen molar-refractivity contribution in [1.82, 2.24) is 5.32 Å². The molecule has 0 atom stereocenters. The molecular formula is C8H16N4OS. The largest absolute Gasteiger partial charge is 0.377 e. The minimum atomic E-state index is 0.00787. The zero-order valence-corrected chi connectivity index (χ0v) is 8.85. The molecule has 0 bridgehead atoms. The Morgan fingerprint density at radius 1 is 1.50 bits per heavy atom. The molecule has 5 N–H and O–H groups in total. The first-order chi connectivity index (χ1) is 6.72. The van der Waals surface area contributed by atoms with E-state index in [0.717, 1.165) is 24.6 Å². The number of amides is 1. The van der Waals surface area contributed by atoms with E-state index in [1.165, 1.54) is 12.8 Å². The van der Waals surface area contributed by atoms with E-state index in [1.807, 2.05) is 0 Å². The summed E-state index contributed by atoms with van der Waals surface area (Å²) in [5.41, 5.74) is 5.34. The maximum absolute atomic E-state index is 11.3. The number of carbonyl (C=O) groups excluding carboxylic acids is 1. The number of nitrogens with one attached hydrogen (secondary N) is 1. The third-order valence-electron chi connectivity index (χ3n) is 2.20. The van der Waals surface area contributed by atoms with Crippen LogP contribution in [-0.4, -0.2) is 22.9 Å². The summed E-state index contributed by atoms with van der Waals surface area (Å²) in [6.45, 7) is 0. The van der Waals surface area contributed by atoms with E-state index in [2.05, 4.69) is 10.4 Å². The van der Waals surface area contributed by atoms with Gasteiger partial charge in [0.1, 0.15) is 0 Å². The Kier molecular flexibility index (Phi) is 4.58. The van der Waals surface area contributed by atoms with Gasteiger partial charge in [-0.05, 0) is 12.8 Å². The molecule has 1 saturated carbocycles. The van der Waals surface area contributed by atoms with Crippen LogP contribution in [0.25, 0.3) is 0 Å². The number of amidine groups is 1. The first-order valence-corrected chi connectivity index (χ1v) is 5.66. The predicted octanol–water partition coefficient (Wildman–Crippen LogP) is -0.0332. The van der Waals surface area contributed by atoms with Crippen LogP contribution in [0.3, 0.4) is 0 Å². The lowest BCUT2D eigenvalue weighted by molar-refractivity contribution is -0.119. The number of nitrogens with two attached hydrogens (primary N) is 2. The summed E-state index contributed by atoms with van der Waals surface area (Å²) in [5, 5.41) is 6.46. The second-order valence-corrected chi connectivity index (χ2v) is 4.30. The average Bonchev–Trinajstić information content (AvgIpc) is 2.66. The Morgan fingerprint density at radius 3 is 2.71 bits per heavy atom. The van der Waals surface area contributed by atoms with E-state index in [1.54, 1.807) is 0 Å². The highest BCUT2D eigenvalue weighted by molar-refractivity contribution is 8.14. The summed E-state index contributed by atoms with van der Waals surface area (Å²) in [6.07, 6.45) is 4.61. The van der Waals surface area contributed by atoms with Crippen LogP contribution in [0, 0.1) is 0 Å². The zero-order valence-electron chi connectivity index (χ0n) is 8.03. The second-order valence-electron chi connectivity index (χ2n) is 3.30. The van der Waals surface area contributed by atoms with Gasteiger partial charge in [0.2, 0.25) is 5.91 Å². The van der Waals surface area contributed by atoms with Crippen molar-refractivity contribution in [1.29, 1.82) is 0 Å². The van der Waals surface area contributed by atoms with Crippen molar-refractivity contribution in [2.24, 2.45) is 16.7 Å². The van der Waals surface area contributed by atoms with Crippen molar-refractivity contribution >= 4 is 22.8 Å². The molecule has 0 aromatic rings. The number of carbonyl (C=O) groups is 1. The van der Waals surface area contributed by atoms with Gasteiger partial charge in [-0.25, -0.2) is 0 Å². The molecule has 0 unspecified atom stereocenters. The molecular weight excluding hydrogens is 200 g/mol. The molecule has 0 aliphatic heterocycles. The Balaban J connectivity index is 2.15. The van der Waals surface area contributed by atoms with E-state index in [9.17, 15) is 4.79 Å². The van der Waals surface area contributed by atoms with Crippen molar-refractivity contribution in [3.05, 3.63) is 0 Å². The summed E-state index contributed by atoms with van der Waals surface area (Å²) < 4.78 is 0. The zero-order chi connectivity index (χ0) is 10.4. The molecule has 1 rings (SSSR count). The summed E-state index contributed by atoms with van der Waals surface area (Å²) in [6, 6.07) is 0.360. The number of nitrogens with zero attached hydrogens (tertiary/aromatic N) is 1. The monoisotopic (exact) mass is 216 g/mol. The molecule has 1 aliphatic carbocycles. The van der Waals surface area contributed by atoms with Crippen molar-refractivity contribution in [2.45, 2.75) is 31.7 Å². The lowest BCUT2D eigenvalue weighted by Gasteiger charge is -2.10. The molecule has 0 spiro atoms. The van der Waals surface area contributed by atoms with Crippen LogP contribution in [0.4, 0.5) is 0 Å². The van der Waals surface area contributed by atoms with Gasteiger partial charge < -0.3 is 16.9 Å². The van der Waals surface area contributed by atoms with Crippen LogP contribution in [0.1, 0.15) is 25.7 Å². The highest BCUT2D eigenvalue weighted by atomic mass is 32.2. The van der Waals surface area contributed by atoms with Crippen molar-refractivity contribution in [3.63, 3.8) is 0 Å². The van der Waals surface area contributed by atoms with E-state index in [4.69, 9.17) is 11.6 Å². The van der Waals surface area contributed by atoms with Gasteiger partial charge in [-0.2, -0.15) is 5.10 Å². The molecule has 0 saturated heterocycles. The molecule has 1 fully saturated rings. The highest BCUT2D eigenvalue weighted by Crippen LogP contribution is 2.17. The highest BCUT2D eigenvalue weighted by Gasteiger charge is 2.16. The fourth-order valence-corrected chi connectivity index (χ4v) is 1.95. The summed E-state index contributed by atoms with van der Waals surface area (Å²) >= 11 is 1.16. The number of hydrazone groups is 1. The van der Waals surface area contributed by atoms with Gasteiger partial charge in [0, 0.05) is 6.04 Å². The van der Waals surface area contributed by atoms with Crippen LogP contribution in [-0.2, 0) is 4.79 Å². The smallest absolute Gasteiger partial charge is 0.230 e. The Hall–Kier alpha value is -0.910. The average molecular weight is 216 g/mol. The van der Waals surface area contributed by atoms with E-state index < -0.39 is 0 Å². The number of thioether (sulfide) groups is 1. The maximum atomic E-state index is 11.3. The van der Waals surface area contributed by atoms with Gasteiger partial charge in [0.05, 0.1) is 5.75 Å². The second kappa shape index (κ2) is 5.74. The summed E-state index contributed by atoms with van der Waals surface area (Å²) in [4.78, 5) is 11.3. The molecule has 14 heavy (non-hydrogen) atoms. The lowest BCUT2D eigenvalue weighted by atomic mass is 10.2. The number of hydrogen-bond donors (Lipinski definition) is 3. The minimum absolute atomic E-state index is 0.00787. The van der Waals surface area contributed by atoms with Gasteiger partial charge in [-0.15, -0.1) is 0 Å². The number of rotatable bonds is 3. The molecule has 0 aromatic heterocycles. The Morgan fingerprint density at radius 2 is 2.14 bits per heavy atom.